The first-order valence-corrected chi connectivity index (χ1v) is 9.06. The van der Waals surface area contributed by atoms with Crippen molar-refractivity contribution in [2.45, 2.75) is 44.9 Å². The van der Waals surface area contributed by atoms with Crippen molar-refractivity contribution < 1.29 is 22.4 Å². The van der Waals surface area contributed by atoms with Crippen LogP contribution in [0.3, 0.4) is 0 Å². The van der Waals surface area contributed by atoms with Crippen molar-refractivity contribution in [3.63, 3.8) is 0 Å². The highest BCUT2D eigenvalue weighted by Gasteiger charge is 2.30. The van der Waals surface area contributed by atoms with Crippen LogP contribution in [0.1, 0.15) is 42.8 Å². The second-order valence-electron chi connectivity index (χ2n) is 7.12. The van der Waals surface area contributed by atoms with E-state index in [9.17, 15) is 18.0 Å². The Labute approximate surface area is 156 Å². The Morgan fingerprint density at radius 2 is 1.89 bits per heavy atom. The van der Waals surface area contributed by atoms with Crippen LogP contribution in [0.4, 0.5) is 13.2 Å². The minimum Gasteiger partial charge on any atom is -0.451 e. The summed E-state index contributed by atoms with van der Waals surface area (Å²) in [5.41, 5.74) is -0.464. The van der Waals surface area contributed by atoms with Gasteiger partial charge in [-0.2, -0.15) is 13.2 Å². The number of amides is 1. The SMILES string of the molecule is CC(C)N1CCC(NC(=O)c2ccc(-c3cccc(C(F)(F)F)c3)o2)CC1. The highest BCUT2D eigenvalue weighted by atomic mass is 19.4. The van der Waals surface area contributed by atoms with Crippen molar-refractivity contribution in [2.24, 2.45) is 0 Å². The van der Waals surface area contributed by atoms with Gasteiger partial charge in [0.25, 0.3) is 5.91 Å². The summed E-state index contributed by atoms with van der Waals surface area (Å²) in [6.07, 6.45) is -2.69. The van der Waals surface area contributed by atoms with Crippen molar-refractivity contribution in [3.8, 4) is 11.3 Å². The zero-order valence-electron chi connectivity index (χ0n) is 15.3. The summed E-state index contributed by atoms with van der Waals surface area (Å²) in [4.78, 5) is 14.8. The van der Waals surface area contributed by atoms with E-state index in [0.29, 0.717) is 6.04 Å². The molecule has 1 aliphatic heterocycles. The van der Waals surface area contributed by atoms with Gasteiger partial charge in [0.1, 0.15) is 5.76 Å². The Morgan fingerprint density at radius 3 is 2.52 bits per heavy atom. The molecule has 146 valence electrons. The number of piperidine rings is 1. The number of carbonyl (C=O) groups excluding carboxylic acids is 1. The van der Waals surface area contributed by atoms with E-state index in [0.717, 1.165) is 38.1 Å². The molecule has 1 aromatic heterocycles. The maximum absolute atomic E-state index is 12.9. The first kappa shape index (κ1) is 19.5. The second kappa shape index (κ2) is 7.76. The van der Waals surface area contributed by atoms with Crippen LogP contribution in [-0.2, 0) is 6.18 Å². The molecular formula is C20H23F3N2O2. The summed E-state index contributed by atoms with van der Waals surface area (Å²) in [6, 6.07) is 8.45. The van der Waals surface area contributed by atoms with Crippen LogP contribution in [0.25, 0.3) is 11.3 Å². The van der Waals surface area contributed by atoms with Gasteiger partial charge in [0.05, 0.1) is 5.56 Å². The van der Waals surface area contributed by atoms with Crippen LogP contribution >= 0.6 is 0 Å². The fourth-order valence-corrected chi connectivity index (χ4v) is 3.28. The third-order valence-corrected chi connectivity index (χ3v) is 4.90. The summed E-state index contributed by atoms with van der Waals surface area (Å²) in [5.74, 6) is 0.00537. The van der Waals surface area contributed by atoms with Gasteiger partial charge in [-0.25, -0.2) is 0 Å². The predicted octanol–water partition coefficient (Wildman–Crippen LogP) is 4.57. The minimum absolute atomic E-state index is 0.0783. The predicted molar refractivity (Wildman–Crippen MR) is 96.3 cm³/mol. The van der Waals surface area contributed by atoms with Gasteiger partial charge >= 0.3 is 6.18 Å². The molecule has 2 heterocycles. The molecule has 0 atom stereocenters. The topological polar surface area (TPSA) is 45.5 Å². The lowest BCUT2D eigenvalue weighted by Gasteiger charge is -2.34. The molecule has 1 fully saturated rings. The number of alkyl halides is 3. The van der Waals surface area contributed by atoms with Crippen molar-refractivity contribution in [1.29, 1.82) is 0 Å². The lowest BCUT2D eigenvalue weighted by molar-refractivity contribution is -0.137. The zero-order valence-corrected chi connectivity index (χ0v) is 15.3. The Hall–Kier alpha value is -2.28. The number of likely N-dealkylation sites (tertiary alicyclic amines) is 1. The summed E-state index contributed by atoms with van der Waals surface area (Å²) in [5, 5.41) is 2.96. The van der Waals surface area contributed by atoms with E-state index < -0.39 is 11.7 Å². The number of halogens is 3. The molecule has 7 heteroatoms. The Morgan fingerprint density at radius 1 is 1.19 bits per heavy atom. The number of hydrogen-bond donors (Lipinski definition) is 1. The maximum atomic E-state index is 12.9. The van der Waals surface area contributed by atoms with Gasteiger partial charge in [0, 0.05) is 30.7 Å². The molecule has 0 aliphatic carbocycles. The lowest BCUT2D eigenvalue weighted by atomic mass is 10.0. The van der Waals surface area contributed by atoms with E-state index in [1.54, 1.807) is 0 Å². The van der Waals surface area contributed by atoms with Gasteiger partial charge in [-0.15, -0.1) is 0 Å². The van der Waals surface area contributed by atoms with Crippen LogP contribution < -0.4 is 5.32 Å². The molecule has 0 spiro atoms. The van der Waals surface area contributed by atoms with Crippen LogP contribution in [-0.4, -0.2) is 36.0 Å². The first-order valence-electron chi connectivity index (χ1n) is 9.06. The Balaban J connectivity index is 1.65. The highest BCUT2D eigenvalue weighted by molar-refractivity contribution is 5.92. The third-order valence-electron chi connectivity index (χ3n) is 4.90. The minimum atomic E-state index is -4.42. The zero-order chi connectivity index (χ0) is 19.6. The molecule has 4 nitrogen and oxygen atoms in total. The third kappa shape index (κ3) is 4.71. The molecule has 27 heavy (non-hydrogen) atoms. The molecule has 1 saturated heterocycles. The average Bonchev–Trinajstić information content (AvgIpc) is 3.12. The van der Waals surface area contributed by atoms with Crippen LogP contribution in [0.15, 0.2) is 40.8 Å². The maximum Gasteiger partial charge on any atom is 0.416 e. The van der Waals surface area contributed by atoms with E-state index in [1.165, 1.54) is 24.3 Å². The molecule has 0 bridgehead atoms. The van der Waals surface area contributed by atoms with E-state index in [-0.39, 0.29) is 29.0 Å². The number of rotatable bonds is 4. The number of nitrogens with zero attached hydrogens (tertiary/aromatic N) is 1. The Kier molecular flexibility index (Phi) is 5.60. The van der Waals surface area contributed by atoms with Gasteiger partial charge in [-0.3, -0.25) is 4.79 Å². The molecular weight excluding hydrogens is 357 g/mol. The van der Waals surface area contributed by atoms with Crippen molar-refractivity contribution in [2.75, 3.05) is 13.1 Å². The highest BCUT2D eigenvalue weighted by Crippen LogP contribution is 2.32. The smallest absolute Gasteiger partial charge is 0.416 e. The standard InChI is InChI=1S/C20H23F3N2O2/c1-13(2)25-10-8-16(9-11-25)24-19(26)18-7-6-17(27-18)14-4-3-5-15(12-14)20(21,22)23/h3-7,12-13,16H,8-11H2,1-2H3,(H,24,26). The average molecular weight is 380 g/mol. The monoisotopic (exact) mass is 380 g/mol. The van der Waals surface area contributed by atoms with Gasteiger partial charge in [0.15, 0.2) is 5.76 Å². The van der Waals surface area contributed by atoms with Gasteiger partial charge < -0.3 is 14.6 Å². The van der Waals surface area contributed by atoms with Crippen molar-refractivity contribution >= 4 is 5.91 Å². The number of furan rings is 1. The van der Waals surface area contributed by atoms with Gasteiger partial charge in [0.2, 0.25) is 0 Å². The fourth-order valence-electron chi connectivity index (χ4n) is 3.28. The molecule has 1 amide bonds. The molecule has 1 N–H and O–H groups in total. The molecule has 3 rings (SSSR count). The summed E-state index contributed by atoms with van der Waals surface area (Å²) >= 11 is 0. The quantitative estimate of drug-likeness (QED) is 0.845. The Bertz CT molecular complexity index is 791. The van der Waals surface area contributed by atoms with Crippen molar-refractivity contribution in [3.05, 3.63) is 47.7 Å². The summed E-state index contributed by atoms with van der Waals surface area (Å²) < 4.78 is 44.1. The van der Waals surface area contributed by atoms with Crippen molar-refractivity contribution in [1.82, 2.24) is 10.2 Å². The fraction of sp³-hybridized carbons (Fsp3) is 0.450. The lowest BCUT2D eigenvalue weighted by Crippen LogP contribution is -2.46. The molecule has 0 unspecified atom stereocenters. The van der Waals surface area contributed by atoms with Gasteiger partial charge in [-0.05, 0) is 51.0 Å². The van der Waals surface area contributed by atoms with Crippen LogP contribution in [0.2, 0.25) is 0 Å². The van der Waals surface area contributed by atoms with Crippen LogP contribution in [0.5, 0.6) is 0 Å². The van der Waals surface area contributed by atoms with E-state index in [1.807, 2.05) is 0 Å². The van der Waals surface area contributed by atoms with E-state index in [4.69, 9.17) is 4.42 Å². The molecule has 0 radical (unpaired) electrons. The first-order chi connectivity index (χ1) is 12.7. The largest absolute Gasteiger partial charge is 0.451 e. The summed E-state index contributed by atoms with van der Waals surface area (Å²) in [7, 11) is 0. The van der Waals surface area contributed by atoms with Gasteiger partial charge in [-0.1, -0.05) is 12.1 Å². The summed E-state index contributed by atoms with van der Waals surface area (Å²) in [6.45, 7) is 6.15. The molecule has 1 aliphatic rings. The number of benzene rings is 1. The second-order valence-corrected chi connectivity index (χ2v) is 7.12. The number of nitrogens with one attached hydrogen (secondary N) is 1. The molecule has 2 aromatic rings. The molecule has 1 aromatic carbocycles. The normalized spacial score (nSPS) is 16.7. The number of carbonyl (C=O) groups is 1. The van der Waals surface area contributed by atoms with E-state index >= 15 is 0 Å². The molecule has 0 saturated carbocycles. The van der Waals surface area contributed by atoms with Crippen LogP contribution in [0, 0.1) is 0 Å². The number of hydrogen-bond acceptors (Lipinski definition) is 3. The van der Waals surface area contributed by atoms with E-state index in [2.05, 4.69) is 24.1 Å².